The number of hydrogen-bond acceptors (Lipinski definition) is 7. The zero-order chi connectivity index (χ0) is 19.1. The molecule has 2 aliphatic heterocycles. The minimum absolute atomic E-state index is 0.0310. The summed E-state index contributed by atoms with van der Waals surface area (Å²) in [6, 6.07) is 12.0. The van der Waals surface area contributed by atoms with Crippen LogP contribution in [0.4, 0.5) is 15.8 Å². The molecule has 0 bridgehead atoms. The van der Waals surface area contributed by atoms with E-state index in [1.807, 2.05) is 29.2 Å². The van der Waals surface area contributed by atoms with Gasteiger partial charge in [-0.3, -0.25) is 4.90 Å². The van der Waals surface area contributed by atoms with Crippen molar-refractivity contribution in [1.82, 2.24) is 0 Å². The molecule has 27 heavy (non-hydrogen) atoms. The highest BCUT2D eigenvalue weighted by atomic mass is 35.5. The van der Waals surface area contributed by atoms with Crippen molar-refractivity contribution in [3.63, 3.8) is 0 Å². The van der Waals surface area contributed by atoms with Crippen LogP contribution in [0.3, 0.4) is 0 Å². The molecule has 0 spiro atoms. The average molecular weight is 406 g/mol. The van der Waals surface area contributed by atoms with Crippen LogP contribution in [0.2, 0.25) is 5.02 Å². The van der Waals surface area contributed by atoms with E-state index in [2.05, 4.69) is 4.99 Å². The molecule has 2 unspecified atom stereocenters. The quantitative estimate of drug-likeness (QED) is 0.815. The largest absolute Gasteiger partial charge is 0.497 e. The third-order valence-corrected chi connectivity index (χ3v) is 5.80. The summed E-state index contributed by atoms with van der Waals surface area (Å²) in [5.41, 5.74) is 14.0. The Bertz CT molecular complexity index is 936. The number of methoxy groups -OCH3 is 1. The zero-order valence-electron chi connectivity index (χ0n) is 14.3. The average Bonchev–Trinajstić information content (AvgIpc) is 3.01. The van der Waals surface area contributed by atoms with Gasteiger partial charge >= 0.3 is 0 Å². The summed E-state index contributed by atoms with van der Waals surface area (Å²) in [5.74, 6) is 0.983. The van der Waals surface area contributed by atoms with Gasteiger partial charge in [0, 0.05) is 11.4 Å². The van der Waals surface area contributed by atoms with Crippen molar-refractivity contribution in [3.05, 3.63) is 64.0 Å². The molecule has 4 N–H and O–H groups in total. The number of ether oxygens (including phenoxy) is 1. The lowest BCUT2D eigenvalue weighted by molar-refractivity contribution is 0.415. The lowest BCUT2D eigenvalue weighted by Gasteiger charge is -2.31. The van der Waals surface area contributed by atoms with Crippen LogP contribution < -0.4 is 26.0 Å². The number of halogens is 2. The van der Waals surface area contributed by atoms with E-state index in [0.29, 0.717) is 11.5 Å². The summed E-state index contributed by atoms with van der Waals surface area (Å²) in [6.07, 6.45) is 1.11. The Morgan fingerprint density at radius 1 is 1.15 bits per heavy atom. The summed E-state index contributed by atoms with van der Waals surface area (Å²) in [5, 5.41) is 0.0310. The van der Waals surface area contributed by atoms with E-state index >= 15 is 0 Å². The van der Waals surface area contributed by atoms with Crippen LogP contribution in [0.15, 0.2) is 58.2 Å². The Morgan fingerprint density at radius 3 is 2.52 bits per heavy atom. The third kappa shape index (κ3) is 3.14. The molecule has 0 radical (unpaired) electrons. The molecule has 0 saturated carbocycles. The van der Waals surface area contributed by atoms with Crippen LogP contribution in [0, 0.1) is 5.82 Å². The van der Waals surface area contributed by atoms with Gasteiger partial charge in [0.05, 0.1) is 23.4 Å². The maximum Gasteiger partial charge on any atom is 0.150 e. The molecule has 2 aliphatic rings. The Balaban J connectivity index is 1.65. The number of benzene rings is 2. The van der Waals surface area contributed by atoms with E-state index in [9.17, 15) is 4.39 Å². The summed E-state index contributed by atoms with van der Waals surface area (Å²) < 4.78 is 18.7. The molecular formula is C18H17ClFN5OS. The van der Waals surface area contributed by atoms with Gasteiger partial charge in [0.1, 0.15) is 29.1 Å². The van der Waals surface area contributed by atoms with E-state index in [0.717, 1.165) is 16.3 Å². The lowest BCUT2D eigenvalue weighted by atomic mass is 10.2. The molecular weight excluding hydrogens is 389 g/mol. The highest BCUT2D eigenvalue weighted by Crippen LogP contribution is 2.43. The third-order valence-electron chi connectivity index (χ3n) is 4.38. The first-order valence-electron chi connectivity index (χ1n) is 8.12. The second-order valence-electron chi connectivity index (χ2n) is 5.96. The van der Waals surface area contributed by atoms with Gasteiger partial charge in [-0.1, -0.05) is 23.4 Å². The SMILES string of the molecule is COc1ccc(N2C3=C(SC2N)C(N)N(c2ccc(F)c(Cl)c2)C=N3)cc1. The highest BCUT2D eigenvalue weighted by molar-refractivity contribution is 8.04. The van der Waals surface area contributed by atoms with Crippen molar-refractivity contribution in [1.29, 1.82) is 0 Å². The first kappa shape index (κ1) is 18.1. The van der Waals surface area contributed by atoms with Crippen molar-refractivity contribution in [2.75, 3.05) is 16.9 Å². The molecule has 0 aromatic heterocycles. The molecule has 0 saturated heterocycles. The number of anilines is 2. The van der Waals surface area contributed by atoms with Gasteiger partial charge in [0.25, 0.3) is 0 Å². The molecule has 0 fully saturated rings. The fourth-order valence-corrected chi connectivity index (χ4v) is 4.27. The smallest absolute Gasteiger partial charge is 0.150 e. The molecule has 6 nitrogen and oxygen atoms in total. The Labute approximate surface area is 165 Å². The van der Waals surface area contributed by atoms with Crippen LogP contribution in [0.5, 0.6) is 5.75 Å². The minimum atomic E-state index is -0.502. The predicted molar refractivity (Wildman–Crippen MR) is 108 cm³/mol. The van der Waals surface area contributed by atoms with E-state index in [4.69, 9.17) is 27.8 Å². The number of hydrogen-bond donors (Lipinski definition) is 2. The number of aliphatic imine (C=N–C) groups is 1. The lowest BCUT2D eigenvalue weighted by Crippen LogP contribution is -2.44. The van der Waals surface area contributed by atoms with Gasteiger partial charge < -0.3 is 21.1 Å². The summed E-state index contributed by atoms with van der Waals surface area (Å²) >= 11 is 7.34. The van der Waals surface area contributed by atoms with Gasteiger partial charge in [-0.15, -0.1) is 0 Å². The molecule has 2 aromatic carbocycles. The standard InChI is InChI=1S/C18H17ClFN5OS/c1-26-12-5-2-10(3-6-12)25-17-15(27-18(25)22)16(21)24(9-23-17)11-4-7-14(20)13(19)8-11/h2-9,16,18H,21-22H2,1H3. The van der Waals surface area contributed by atoms with Gasteiger partial charge in [0.2, 0.25) is 0 Å². The minimum Gasteiger partial charge on any atom is -0.497 e. The van der Waals surface area contributed by atoms with Crippen LogP contribution in [-0.2, 0) is 0 Å². The number of nitrogens with zero attached hydrogens (tertiary/aromatic N) is 3. The molecule has 2 aromatic rings. The van der Waals surface area contributed by atoms with Crippen molar-refractivity contribution in [2.24, 2.45) is 16.5 Å². The van der Waals surface area contributed by atoms with Gasteiger partial charge in [-0.25, -0.2) is 9.38 Å². The van der Waals surface area contributed by atoms with Crippen molar-refractivity contribution in [3.8, 4) is 5.75 Å². The maximum atomic E-state index is 13.5. The molecule has 0 aliphatic carbocycles. The van der Waals surface area contributed by atoms with Crippen molar-refractivity contribution in [2.45, 2.75) is 11.7 Å². The monoisotopic (exact) mass is 405 g/mol. The summed E-state index contributed by atoms with van der Waals surface area (Å²) in [7, 11) is 1.62. The van der Waals surface area contributed by atoms with Crippen LogP contribution in [0.1, 0.15) is 0 Å². The Hall–Kier alpha value is -2.26. The van der Waals surface area contributed by atoms with Crippen LogP contribution in [0.25, 0.3) is 0 Å². The summed E-state index contributed by atoms with van der Waals surface area (Å²) in [4.78, 5) is 9.05. The Morgan fingerprint density at radius 2 is 1.85 bits per heavy atom. The first-order valence-corrected chi connectivity index (χ1v) is 9.38. The van der Waals surface area contributed by atoms with Gasteiger partial charge in [-0.05, 0) is 42.5 Å². The van der Waals surface area contributed by atoms with Crippen LogP contribution in [-0.4, -0.2) is 25.1 Å². The second kappa shape index (κ2) is 7.05. The second-order valence-corrected chi connectivity index (χ2v) is 7.53. The number of thioether (sulfide) groups is 1. The zero-order valence-corrected chi connectivity index (χ0v) is 15.9. The van der Waals surface area contributed by atoms with Gasteiger partial charge in [0.15, 0.2) is 0 Å². The van der Waals surface area contributed by atoms with E-state index < -0.39 is 12.0 Å². The molecule has 2 heterocycles. The fourth-order valence-electron chi connectivity index (χ4n) is 3.00. The number of rotatable bonds is 3. The highest BCUT2D eigenvalue weighted by Gasteiger charge is 2.38. The molecule has 140 valence electrons. The van der Waals surface area contributed by atoms with E-state index in [-0.39, 0.29) is 10.5 Å². The number of nitrogens with two attached hydrogens (primary N) is 2. The van der Waals surface area contributed by atoms with E-state index in [1.54, 1.807) is 24.4 Å². The van der Waals surface area contributed by atoms with Crippen LogP contribution >= 0.6 is 23.4 Å². The van der Waals surface area contributed by atoms with Gasteiger partial charge in [-0.2, -0.15) is 0 Å². The molecule has 4 rings (SSSR count). The summed E-state index contributed by atoms with van der Waals surface area (Å²) in [6.45, 7) is 0. The molecule has 2 atom stereocenters. The first-order chi connectivity index (χ1) is 13.0. The van der Waals surface area contributed by atoms with E-state index in [1.165, 1.54) is 23.9 Å². The normalized spacial score (nSPS) is 21.7. The Kier molecular flexibility index (Phi) is 4.73. The maximum absolute atomic E-state index is 13.5. The molecule has 9 heteroatoms. The van der Waals surface area contributed by atoms with Crippen molar-refractivity contribution >= 4 is 41.1 Å². The topological polar surface area (TPSA) is 80.1 Å². The van der Waals surface area contributed by atoms with Crippen molar-refractivity contribution < 1.29 is 9.13 Å². The molecule has 0 amide bonds. The predicted octanol–water partition coefficient (Wildman–Crippen LogP) is 3.29. The fraction of sp³-hybridized carbons (Fsp3) is 0.167.